The molecule has 0 unspecified atom stereocenters. The van der Waals surface area contributed by atoms with Gasteiger partial charge in [0.2, 0.25) is 0 Å². The highest BCUT2D eigenvalue weighted by atomic mass is 127. The Hall–Kier alpha value is -1.16. The normalized spacial score (nSPS) is 12.1. The first-order valence-electron chi connectivity index (χ1n) is 4.95. The molecule has 2 rings (SSSR count). The molecule has 2 aromatic rings. The molecule has 0 aliphatic heterocycles. The Morgan fingerprint density at radius 1 is 0.750 bits per heavy atom. The largest absolute Gasteiger partial charge is 0.205 e. The highest BCUT2D eigenvalue weighted by molar-refractivity contribution is 14.1. The average Bonchev–Trinajstić information content (AvgIpc) is 2.39. The molecule has 0 saturated heterocycles. The van der Waals surface area contributed by atoms with E-state index in [1.807, 2.05) is 71.1 Å². The molecule has 0 fully saturated rings. The van der Waals surface area contributed by atoms with E-state index in [1.54, 1.807) is 12.1 Å². The Balaban J connectivity index is 2.43. The summed E-state index contributed by atoms with van der Waals surface area (Å²) in [5.74, 6) is -0.174. The smallest absolute Gasteiger partial charge is 0.144 e. The lowest BCUT2D eigenvalue weighted by molar-refractivity contribution is 0.765. The van der Waals surface area contributed by atoms with Crippen molar-refractivity contribution in [2.75, 3.05) is 0 Å². The van der Waals surface area contributed by atoms with Crippen molar-refractivity contribution < 1.29 is 4.39 Å². The Bertz CT molecular complexity index is 441. The van der Waals surface area contributed by atoms with Crippen molar-refractivity contribution in [1.29, 1.82) is 0 Å². The molecule has 80 valence electrons. The van der Waals surface area contributed by atoms with Gasteiger partial charge in [0.25, 0.3) is 0 Å². The van der Waals surface area contributed by atoms with Crippen LogP contribution in [0, 0.1) is 0 Å². The van der Waals surface area contributed by atoms with Gasteiger partial charge in [-0.2, -0.15) is 0 Å². The summed E-state index contributed by atoms with van der Waals surface area (Å²) >= 11 is 2.04. The number of hydrogen-bond donors (Lipinski definition) is 0. The quantitative estimate of drug-likeness (QED) is 0.543. The standard InChI is InChI=1S/C14H10FI/c15-13(11-7-3-1-4-8-11)14(16)12-9-5-2-6-10-12/h1-10H/b14-13+. The molecule has 0 atom stereocenters. The first-order valence-corrected chi connectivity index (χ1v) is 6.03. The average molecular weight is 324 g/mol. The van der Waals surface area contributed by atoms with E-state index in [-0.39, 0.29) is 5.83 Å². The van der Waals surface area contributed by atoms with Crippen LogP contribution in [0.4, 0.5) is 4.39 Å². The zero-order valence-electron chi connectivity index (χ0n) is 8.53. The van der Waals surface area contributed by atoms with Crippen LogP contribution in [0.2, 0.25) is 0 Å². The Morgan fingerprint density at radius 2 is 1.19 bits per heavy atom. The highest BCUT2D eigenvalue weighted by Crippen LogP contribution is 2.32. The van der Waals surface area contributed by atoms with E-state index in [0.29, 0.717) is 9.14 Å². The van der Waals surface area contributed by atoms with Crippen LogP contribution in [-0.4, -0.2) is 0 Å². The van der Waals surface area contributed by atoms with Crippen LogP contribution in [0.25, 0.3) is 9.41 Å². The van der Waals surface area contributed by atoms with Gasteiger partial charge >= 0.3 is 0 Å². The van der Waals surface area contributed by atoms with E-state index in [1.165, 1.54) is 0 Å². The van der Waals surface area contributed by atoms with Crippen molar-refractivity contribution in [1.82, 2.24) is 0 Å². The van der Waals surface area contributed by atoms with Crippen LogP contribution in [0.3, 0.4) is 0 Å². The second-order valence-electron chi connectivity index (χ2n) is 3.36. The van der Waals surface area contributed by atoms with Crippen molar-refractivity contribution in [2.24, 2.45) is 0 Å². The Labute approximate surface area is 108 Å². The number of rotatable bonds is 2. The van der Waals surface area contributed by atoms with Crippen LogP contribution in [0.15, 0.2) is 60.7 Å². The summed E-state index contributed by atoms with van der Waals surface area (Å²) in [5.41, 5.74) is 1.53. The first kappa shape index (κ1) is 11.3. The van der Waals surface area contributed by atoms with E-state index in [2.05, 4.69) is 0 Å². The number of halogens is 2. The molecule has 2 aromatic carbocycles. The molecule has 0 spiro atoms. The second kappa shape index (κ2) is 5.25. The zero-order valence-corrected chi connectivity index (χ0v) is 10.7. The summed E-state index contributed by atoms with van der Waals surface area (Å²) in [6, 6.07) is 18.7. The molecule has 16 heavy (non-hydrogen) atoms. The van der Waals surface area contributed by atoms with Gasteiger partial charge in [-0.25, -0.2) is 4.39 Å². The van der Waals surface area contributed by atoms with Gasteiger partial charge in [0, 0.05) is 5.56 Å². The maximum Gasteiger partial charge on any atom is 0.144 e. The van der Waals surface area contributed by atoms with Crippen molar-refractivity contribution in [3.05, 3.63) is 71.8 Å². The maximum absolute atomic E-state index is 14.1. The maximum atomic E-state index is 14.1. The number of benzene rings is 2. The van der Waals surface area contributed by atoms with Crippen LogP contribution in [-0.2, 0) is 0 Å². The molecular formula is C14H10FI. The summed E-state index contributed by atoms with van der Waals surface area (Å²) in [6.07, 6.45) is 0. The molecule has 0 bridgehead atoms. The fraction of sp³-hybridized carbons (Fsp3) is 0. The molecule has 0 saturated carbocycles. The minimum Gasteiger partial charge on any atom is -0.205 e. The van der Waals surface area contributed by atoms with Gasteiger partial charge in [-0.05, 0) is 28.2 Å². The fourth-order valence-corrected chi connectivity index (χ4v) is 2.09. The third kappa shape index (κ3) is 2.50. The summed E-state index contributed by atoms with van der Waals surface area (Å²) in [6.45, 7) is 0. The SMILES string of the molecule is F/C(=C(/I)c1ccccc1)c1ccccc1. The molecular weight excluding hydrogens is 314 g/mol. The molecule has 0 amide bonds. The predicted octanol–water partition coefficient (Wildman–Crippen LogP) is 4.92. The van der Waals surface area contributed by atoms with Gasteiger partial charge in [0.05, 0.1) is 3.58 Å². The van der Waals surface area contributed by atoms with Gasteiger partial charge in [0.1, 0.15) is 5.83 Å². The van der Waals surface area contributed by atoms with Gasteiger partial charge in [0.15, 0.2) is 0 Å². The van der Waals surface area contributed by atoms with E-state index in [9.17, 15) is 4.39 Å². The topological polar surface area (TPSA) is 0 Å². The van der Waals surface area contributed by atoms with Gasteiger partial charge in [-0.1, -0.05) is 60.7 Å². The lowest BCUT2D eigenvalue weighted by Gasteiger charge is -2.03. The van der Waals surface area contributed by atoms with Crippen molar-refractivity contribution in [3.63, 3.8) is 0 Å². The van der Waals surface area contributed by atoms with E-state index >= 15 is 0 Å². The second-order valence-corrected chi connectivity index (χ2v) is 4.44. The predicted molar refractivity (Wildman–Crippen MR) is 74.8 cm³/mol. The summed E-state index contributed by atoms with van der Waals surface area (Å²) < 4.78 is 14.7. The molecule has 0 radical (unpaired) electrons. The van der Waals surface area contributed by atoms with Crippen molar-refractivity contribution in [3.8, 4) is 0 Å². The van der Waals surface area contributed by atoms with Gasteiger partial charge < -0.3 is 0 Å². The molecule has 0 N–H and O–H groups in total. The lowest BCUT2D eigenvalue weighted by Crippen LogP contribution is -1.81. The van der Waals surface area contributed by atoms with Crippen LogP contribution in [0.5, 0.6) is 0 Å². The molecule has 2 heteroatoms. The van der Waals surface area contributed by atoms with Crippen molar-refractivity contribution in [2.45, 2.75) is 0 Å². The van der Waals surface area contributed by atoms with Gasteiger partial charge in [-0.15, -0.1) is 0 Å². The van der Waals surface area contributed by atoms with E-state index in [4.69, 9.17) is 0 Å². The summed E-state index contributed by atoms with van der Waals surface area (Å²) in [4.78, 5) is 0. The first-order chi connectivity index (χ1) is 7.79. The lowest BCUT2D eigenvalue weighted by atomic mass is 10.1. The fourth-order valence-electron chi connectivity index (χ4n) is 1.42. The number of hydrogen-bond acceptors (Lipinski definition) is 0. The van der Waals surface area contributed by atoms with Crippen LogP contribution < -0.4 is 0 Å². The zero-order chi connectivity index (χ0) is 11.4. The third-order valence-corrected chi connectivity index (χ3v) is 3.34. The third-order valence-electron chi connectivity index (χ3n) is 2.25. The van der Waals surface area contributed by atoms with Crippen molar-refractivity contribution >= 4 is 32.0 Å². The molecule has 0 aliphatic rings. The molecule has 0 nitrogen and oxygen atoms in total. The van der Waals surface area contributed by atoms with Crippen LogP contribution >= 0.6 is 22.6 Å². The molecule has 0 aromatic heterocycles. The van der Waals surface area contributed by atoms with E-state index < -0.39 is 0 Å². The molecule has 0 heterocycles. The monoisotopic (exact) mass is 324 g/mol. The Kier molecular flexibility index (Phi) is 3.72. The minimum atomic E-state index is -0.174. The molecule has 0 aliphatic carbocycles. The minimum absolute atomic E-state index is 0.174. The summed E-state index contributed by atoms with van der Waals surface area (Å²) in [5, 5.41) is 0. The van der Waals surface area contributed by atoms with Gasteiger partial charge in [-0.3, -0.25) is 0 Å². The Morgan fingerprint density at radius 3 is 1.69 bits per heavy atom. The summed E-state index contributed by atoms with van der Waals surface area (Å²) in [7, 11) is 0. The highest BCUT2D eigenvalue weighted by Gasteiger charge is 2.07. The van der Waals surface area contributed by atoms with E-state index in [0.717, 1.165) is 5.56 Å². The van der Waals surface area contributed by atoms with Crippen LogP contribution in [0.1, 0.15) is 11.1 Å².